The summed E-state index contributed by atoms with van der Waals surface area (Å²) in [5.74, 6) is 0.349. The topological polar surface area (TPSA) is 75.4 Å². The van der Waals surface area contributed by atoms with Crippen LogP contribution in [-0.2, 0) is 4.79 Å². The zero-order chi connectivity index (χ0) is 11.2. The van der Waals surface area contributed by atoms with Gasteiger partial charge in [-0.05, 0) is 32.7 Å². The SMILES string of the molecule is CC(CN)CCC(=O)NC(C)(C)CO. The van der Waals surface area contributed by atoms with Crippen molar-refractivity contribution in [1.29, 1.82) is 0 Å². The van der Waals surface area contributed by atoms with Gasteiger partial charge in [-0.2, -0.15) is 0 Å². The fourth-order valence-corrected chi connectivity index (χ4v) is 0.975. The number of rotatable bonds is 6. The van der Waals surface area contributed by atoms with Gasteiger partial charge in [-0.25, -0.2) is 0 Å². The van der Waals surface area contributed by atoms with E-state index in [4.69, 9.17) is 10.8 Å². The molecule has 0 aliphatic rings. The smallest absolute Gasteiger partial charge is 0.220 e. The standard InChI is InChI=1S/C10H22N2O2/c1-8(6-11)4-5-9(14)12-10(2,3)7-13/h8,13H,4-7,11H2,1-3H3,(H,12,14). The van der Waals surface area contributed by atoms with E-state index in [-0.39, 0.29) is 12.5 Å². The predicted octanol–water partition coefficient (Wildman–Crippen LogP) is 0.249. The molecule has 4 nitrogen and oxygen atoms in total. The van der Waals surface area contributed by atoms with Gasteiger partial charge in [-0.3, -0.25) is 4.79 Å². The van der Waals surface area contributed by atoms with Crippen LogP contribution in [0, 0.1) is 5.92 Å². The second-order valence-electron chi connectivity index (χ2n) is 4.47. The highest BCUT2D eigenvalue weighted by Gasteiger charge is 2.18. The van der Waals surface area contributed by atoms with Gasteiger partial charge in [0, 0.05) is 6.42 Å². The highest BCUT2D eigenvalue weighted by Crippen LogP contribution is 2.05. The monoisotopic (exact) mass is 202 g/mol. The molecule has 14 heavy (non-hydrogen) atoms. The molecule has 0 aliphatic carbocycles. The van der Waals surface area contributed by atoms with Crippen LogP contribution in [0.1, 0.15) is 33.6 Å². The van der Waals surface area contributed by atoms with Crippen molar-refractivity contribution in [1.82, 2.24) is 5.32 Å². The van der Waals surface area contributed by atoms with Gasteiger partial charge in [0.1, 0.15) is 0 Å². The van der Waals surface area contributed by atoms with E-state index in [1.165, 1.54) is 0 Å². The summed E-state index contributed by atoms with van der Waals surface area (Å²) in [6.45, 7) is 6.15. The fraction of sp³-hybridized carbons (Fsp3) is 0.900. The lowest BCUT2D eigenvalue weighted by Gasteiger charge is -2.23. The maximum Gasteiger partial charge on any atom is 0.220 e. The predicted molar refractivity (Wildman–Crippen MR) is 56.8 cm³/mol. The van der Waals surface area contributed by atoms with E-state index in [0.717, 1.165) is 6.42 Å². The van der Waals surface area contributed by atoms with E-state index in [2.05, 4.69) is 5.32 Å². The number of nitrogens with two attached hydrogens (primary N) is 1. The highest BCUT2D eigenvalue weighted by atomic mass is 16.3. The number of carbonyl (C=O) groups is 1. The summed E-state index contributed by atoms with van der Waals surface area (Å²) in [6, 6.07) is 0. The molecule has 4 N–H and O–H groups in total. The third-order valence-corrected chi connectivity index (χ3v) is 2.14. The van der Waals surface area contributed by atoms with E-state index >= 15 is 0 Å². The number of aliphatic hydroxyl groups excluding tert-OH is 1. The van der Waals surface area contributed by atoms with Gasteiger partial charge in [0.2, 0.25) is 5.91 Å². The Morgan fingerprint density at radius 3 is 2.57 bits per heavy atom. The first-order valence-electron chi connectivity index (χ1n) is 5.03. The summed E-state index contributed by atoms with van der Waals surface area (Å²) < 4.78 is 0. The van der Waals surface area contributed by atoms with Gasteiger partial charge in [0.05, 0.1) is 12.1 Å². The normalized spacial score (nSPS) is 13.8. The lowest BCUT2D eigenvalue weighted by molar-refractivity contribution is -0.123. The molecule has 84 valence electrons. The molecule has 0 heterocycles. The van der Waals surface area contributed by atoms with E-state index < -0.39 is 5.54 Å². The third-order valence-electron chi connectivity index (χ3n) is 2.14. The van der Waals surface area contributed by atoms with Gasteiger partial charge in [-0.1, -0.05) is 6.92 Å². The molecular weight excluding hydrogens is 180 g/mol. The Labute approximate surface area is 85.9 Å². The molecule has 0 saturated carbocycles. The average molecular weight is 202 g/mol. The minimum atomic E-state index is -0.525. The molecule has 0 spiro atoms. The summed E-state index contributed by atoms with van der Waals surface area (Å²) in [5.41, 5.74) is 4.92. The fourth-order valence-electron chi connectivity index (χ4n) is 0.975. The lowest BCUT2D eigenvalue weighted by Crippen LogP contribution is -2.46. The summed E-state index contributed by atoms with van der Waals surface area (Å²) in [6.07, 6.45) is 1.27. The quantitative estimate of drug-likeness (QED) is 0.578. The van der Waals surface area contributed by atoms with Crippen molar-refractivity contribution >= 4 is 5.91 Å². The number of carbonyl (C=O) groups excluding carboxylic acids is 1. The second kappa shape index (κ2) is 5.98. The average Bonchev–Trinajstić information content (AvgIpc) is 2.13. The first-order valence-corrected chi connectivity index (χ1v) is 5.03. The van der Waals surface area contributed by atoms with Crippen LogP contribution < -0.4 is 11.1 Å². The Kier molecular flexibility index (Phi) is 5.72. The van der Waals surface area contributed by atoms with Crippen LogP contribution >= 0.6 is 0 Å². The van der Waals surface area contributed by atoms with Crippen LogP contribution in [0.5, 0.6) is 0 Å². The van der Waals surface area contributed by atoms with Gasteiger partial charge in [-0.15, -0.1) is 0 Å². The van der Waals surface area contributed by atoms with Crippen LogP contribution in [0.15, 0.2) is 0 Å². The van der Waals surface area contributed by atoms with Crippen LogP contribution in [0.3, 0.4) is 0 Å². The van der Waals surface area contributed by atoms with Crippen molar-refractivity contribution in [2.24, 2.45) is 11.7 Å². The second-order valence-corrected chi connectivity index (χ2v) is 4.47. The summed E-state index contributed by atoms with van der Waals surface area (Å²) >= 11 is 0. The van der Waals surface area contributed by atoms with Gasteiger partial charge in [0.15, 0.2) is 0 Å². The Morgan fingerprint density at radius 2 is 2.14 bits per heavy atom. The third kappa shape index (κ3) is 5.94. The van der Waals surface area contributed by atoms with Crippen molar-refractivity contribution in [2.75, 3.05) is 13.2 Å². The van der Waals surface area contributed by atoms with Crippen molar-refractivity contribution in [3.63, 3.8) is 0 Å². The molecule has 1 amide bonds. The Morgan fingerprint density at radius 1 is 1.57 bits per heavy atom. The molecule has 0 aromatic rings. The molecule has 0 fully saturated rings. The molecule has 0 bridgehead atoms. The maximum atomic E-state index is 11.4. The lowest BCUT2D eigenvalue weighted by atomic mass is 10.0. The summed E-state index contributed by atoms with van der Waals surface area (Å²) in [5, 5.41) is 11.7. The number of hydrogen-bond acceptors (Lipinski definition) is 3. The molecule has 0 radical (unpaired) electrons. The van der Waals surface area contributed by atoms with Crippen LogP contribution in [0.2, 0.25) is 0 Å². The van der Waals surface area contributed by atoms with E-state index in [1.54, 1.807) is 13.8 Å². The molecule has 0 saturated heterocycles. The number of hydrogen-bond donors (Lipinski definition) is 3. The highest BCUT2D eigenvalue weighted by molar-refractivity contribution is 5.76. The Hall–Kier alpha value is -0.610. The zero-order valence-corrected chi connectivity index (χ0v) is 9.34. The summed E-state index contributed by atoms with van der Waals surface area (Å²) in [4.78, 5) is 11.4. The van der Waals surface area contributed by atoms with Gasteiger partial charge >= 0.3 is 0 Å². The Balaban J connectivity index is 3.76. The Bertz CT molecular complexity index is 181. The van der Waals surface area contributed by atoms with E-state index in [1.807, 2.05) is 6.92 Å². The molecule has 0 aromatic heterocycles. The molecular formula is C10H22N2O2. The minimum absolute atomic E-state index is 0.0237. The first-order chi connectivity index (χ1) is 6.41. The van der Waals surface area contributed by atoms with E-state index in [9.17, 15) is 4.79 Å². The van der Waals surface area contributed by atoms with Gasteiger partial charge in [0.25, 0.3) is 0 Å². The molecule has 0 aromatic carbocycles. The molecule has 1 unspecified atom stereocenters. The number of aliphatic hydroxyl groups is 1. The van der Waals surface area contributed by atoms with Crippen molar-refractivity contribution in [3.8, 4) is 0 Å². The first kappa shape index (κ1) is 13.4. The van der Waals surface area contributed by atoms with Crippen molar-refractivity contribution < 1.29 is 9.90 Å². The maximum absolute atomic E-state index is 11.4. The van der Waals surface area contributed by atoms with Crippen LogP contribution in [0.25, 0.3) is 0 Å². The van der Waals surface area contributed by atoms with Crippen molar-refractivity contribution in [2.45, 2.75) is 39.2 Å². The largest absolute Gasteiger partial charge is 0.394 e. The van der Waals surface area contributed by atoms with Crippen LogP contribution in [0.4, 0.5) is 0 Å². The number of amides is 1. The molecule has 0 rings (SSSR count). The molecule has 0 aliphatic heterocycles. The number of nitrogens with one attached hydrogen (secondary N) is 1. The summed E-state index contributed by atoms with van der Waals surface area (Å²) in [7, 11) is 0. The zero-order valence-electron chi connectivity index (χ0n) is 9.34. The van der Waals surface area contributed by atoms with Crippen LogP contribution in [-0.4, -0.2) is 29.7 Å². The minimum Gasteiger partial charge on any atom is -0.394 e. The van der Waals surface area contributed by atoms with Crippen molar-refractivity contribution in [3.05, 3.63) is 0 Å². The molecule has 4 heteroatoms. The van der Waals surface area contributed by atoms with E-state index in [0.29, 0.717) is 18.9 Å². The molecule has 1 atom stereocenters. The van der Waals surface area contributed by atoms with Gasteiger partial charge < -0.3 is 16.2 Å².